The zero-order chi connectivity index (χ0) is 15.6. The standard InChI is InChI=1S/C13H13ClN2O4S/c1-2-16-7-9(6-15-16)8-21(19,20)10-3-4-12(14)11(5-10)13(17)18/h3-7H,2,8H2,1H3,(H,17,18). The third-order valence-corrected chi connectivity index (χ3v) is 4.91. The first-order valence-electron chi connectivity index (χ1n) is 6.10. The van der Waals surface area contributed by atoms with E-state index >= 15 is 0 Å². The lowest BCUT2D eigenvalue weighted by Gasteiger charge is -2.05. The highest BCUT2D eigenvalue weighted by Crippen LogP contribution is 2.23. The van der Waals surface area contributed by atoms with Crippen molar-refractivity contribution < 1.29 is 18.3 Å². The first-order valence-corrected chi connectivity index (χ1v) is 8.13. The molecule has 0 atom stereocenters. The van der Waals surface area contributed by atoms with Gasteiger partial charge in [-0.15, -0.1) is 0 Å². The van der Waals surface area contributed by atoms with Gasteiger partial charge < -0.3 is 5.11 Å². The summed E-state index contributed by atoms with van der Waals surface area (Å²) >= 11 is 5.73. The molecule has 21 heavy (non-hydrogen) atoms. The van der Waals surface area contributed by atoms with Gasteiger partial charge in [0.2, 0.25) is 0 Å². The fourth-order valence-electron chi connectivity index (χ4n) is 1.82. The van der Waals surface area contributed by atoms with E-state index in [0.29, 0.717) is 12.1 Å². The molecule has 0 saturated carbocycles. The van der Waals surface area contributed by atoms with Crippen molar-refractivity contribution in [2.45, 2.75) is 24.1 Å². The molecule has 0 amide bonds. The van der Waals surface area contributed by atoms with Gasteiger partial charge in [-0.1, -0.05) is 11.6 Å². The molecule has 0 fully saturated rings. The number of aryl methyl sites for hydroxylation is 1. The van der Waals surface area contributed by atoms with Crippen molar-refractivity contribution in [3.05, 3.63) is 46.7 Å². The number of carboxylic acid groups (broad SMARTS) is 1. The molecule has 1 aromatic heterocycles. The highest BCUT2D eigenvalue weighted by atomic mass is 35.5. The fraction of sp³-hybridized carbons (Fsp3) is 0.231. The van der Waals surface area contributed by atoms with Crippen LogP contribution in [0.3, 0.4) is 0 Å². The van der Waals surface area contributed by atoms with Crippen LogP contribution in [0.1, 0.15) is 22.8 Å². The second-order valence-electron chi connectivity index (χ2n) is 4.41. The van der Waals surface area contributed by atoms with Crippen molar-refractivity contribution in [3.8, 4) is 0 Å². The summed E-state index contributed by atoms with van der Waals surface area (Å²) in [6, 6.07) is 3.64. The number of aromatic carboxylic acids is 1. The van der Waals surface area contributed by atoms with Crippen LogP contribution in [0.5, 0.6) is 0 Å². The molecule has 0 bridgehead atoms. The van der Waals surface area contributed by atoms with E-state index in [2.05, 4.69) is 5.10 Å². The Balaban J connectivity index is 2.35. The zero-order valence-corrected chi connectivity index (χ0v) is 12.7. The minimum absolute atomic E-state index is 0.000234. The minimum atomic E-state index is -3.66. The molecule has 0 saturated heterocycles. The number of carboxylic acids is 1. The molecule has 1 aromatic carbocycles. The van der Waals surface area contributed by atoms with Crippen LogP contribution in [0.15, 0.2) is 35.5 Å². The molecule has 1 heterocycles. The predicted molar refractivity (Wildman–Crippen MR) is 77.2 cm³/mol. The maximum atomic E-state index is 12.3. The van der Waals surface area contributed by atoms with Crippen molar-refractivity contribution in [2.75, 3.05) is 0 Å². The first kappa shape index (κ1) is 15.5. The molecule has 0 spiro atoms. The van der Waals surface area contributed by atoms with Crippen LogP contribution in [-0.4, -0.2) is 29.3 Å². The van der Waals surface area contributed by atoms with Gasteiger partial charge in [0.05, 0.1) is 27.4 Å². The number of sulfone groups is 1. The molecule has 2 aromatic rings. The molecular formula is C13H13ClN2O4S. The van der Waals surface area contributed by atoms with Gasteiger partial charge in [0.25, 0.3) is 0 Å². The number of benzene rings is 1. The minimum Gasteiger partial charge on any atom is -0.478 e. The van der Waals surface area contributed by atoms with Gasteiger partial charge in [0.15, 0.2) is 9.84 Å². The van der Waals surface area contributed by atoms with Gasteiger partial charge in [-0.3, -0.25) is 4.68 Å². The number of hydrogen-bond acceptors (Lipinski definition) is 4. The molecule has 8 heteroatoms. The fourth-order valence-corrected chi connectivity index (χ4v) is 3.34. The quantitative estimate of drug-likeness (QED) is 0.909. The summed E-state index contributed by atoms with van der Waals surface area (Å²) in [4.78, 5) is 10.9. The number of carbonyl (C=O) groups is 1. The lowest BCUT2D eigenvalue weighted by Crippen LogP contribution is -2.07. The van der Waals surface area contributed by atoms with E-state index in [1.807, 2.05) is 6.92 Å². The van der Waals surface area contributed by atoms with E-state index in [1.54, 1.807) is 10.9 Å². The molecular weight excluding hydrogens is 316 g/mol. The highest BCUT2D eigenvalue weighted by Gasteiger charge is 2.19. The van der Waals surface area contributed by atoms with Crippen LogP contribution in [-0.2, 0) is 22.1 Å². The van der Waals surface area contributed by atoms with Crippen molar-refractivity contribution in [3.63, 3.8) is 0 Å². The number of rotatable bonds is 5. The molecule has 1 N–H and O–H groups in total. The monoisotopic (exact) mass is 328 g/mol. The van der Waals surface area contributed by atoms with Crippen LogP contribution >= 0.6 is 11.6 Å². The Kier molecular flexibility index (Phi) is 4.34. The maximum absolute atomic E-state index is 12.3. The van der Waals surface area contributed by atoms with Gasteiger partial charge in [-0.2, -0.15) is 5.10 Å². The lowest BCUT2D eigenvalue weighted by molar-refractivity contribution is 0.0697. The Morgan fingerprint density at radius 3 is 2.71 bits per heavy atom. The Bertz CT molecular complexity index is 783. The van der Waals surface area contributed by atoms with Crippen LogP contribution in [0, 0.1) is 0 Å². The van der Waals surface area contributed by atoms with Gasteiger partial charge in [-0.05, 0) is 25.1 Å². The molecule has 0 radical (unpaired) electrons. The Morgan fingerprint density at radius 2 is 2.14 bits per heavy atom. The Morgan fingerprint density at radius 1 is 1.43 bits per heavy atom. The van der Waals surface area contributed by atoms with Gasteiger partial charge in [0.1, 0.15) is 0 Å². The molecule has 0 aliphatic carbocycles. The smallest absolute Gasteiger partial charge is 0.337 e. The van der Waals surface area contributed by atoms with E-state index < -0.39 is 15.8 Å². The van der Waals surface area contributed by atoms with Crippen LogP contribution in [0.25, 0.3) is 0 Å². The second kappa shape index (κ2) is 5.87. The van der Waals surface area contributed by atoms with Crippen LogP contribution in [0.4, 0.5) is 0 Å². The summed E-state index contributed by atoms with van der Waals surface area (Å²) < 4.78 is 26.2. The Labute approximate surface area is 126 Å². The molecule has 2 rings (SSSR count). The number of aromatic nitrogens is 2. The summed E-state index contributed by atoms with van der Waals surface area (Å²) in [5.74, 6) is -1.51. The predicted octanol–water partition coefficient (Wildman–Crippen LogP) is 2.23. The summed E-state index contributed by atoms with van der Waals surface area (Å²) in [6.07, 6.45) is 3.13. The molecule has 6 nitrogen and oxygen atoms in total. The third kappa shape index (κ3) is 3.43. The molecule has 0 aliphatic rings. The van der Waals surface area contributed by atoms with Crippen molar-refractivity contribution in [1.29, 1.82) is 0 Å². The average Bonchev–Trinajstić information content (AvgIpc) is 2.85. The van der Waals surface area contributed by atoms with Crippen molar-refractivity contribution in [1.82, 2.24) is 9.78 Å². The highest BCUT2D eigenvalue weighted by molar-refractivity contribution is 7.90. The summed E-state index contributed by atoms with van der Waals surface area (Å²) in [5, 5.41) is 13.0. The molecule has 112 valence electrons. The summed E-state index contributed by atoms with van der Waals surface area (Å²) in [5.41, 5.74) is 0.311. The van der Waals surface area contributed by atoms with E-state index in [0.717, 1.165) is 6.07 Å². The topological polar surface area (TPSA) is 89.3 Å². The lowest BCUT2D eigenvalue weighted by atomic mass is 10.2. The normalized spacial score (nSPS) is 11.5. The van der Waals surface area contributed by atoms with Crippen LogP contribution < -0.4 is 0 Å². The summed E-state index contributed by atoms with van der Waals surface area (Å²) in [6.45, 7) is 2.54. The third-order valence-electron chi connectivity index (χ3n) is 2.89. The van der Waals surface area contributed by atoms with Crippen molar-refractivity contribution in [2.24, 2.45) is 0 Å². The largest absolute Gasteiger partial charge is 0.478 e. The van der Waals surface area contributed by atoms with E-state index in [4.69, 9.17) is 16.7 Å². The molecule has 0 aliphatic heterocycles. The second-order valence-corrected chi connectivity index (χ2v) is 6.81. The number of hydrogen-bond donors (Lipinski definition) is 1. The zero-order valence-electron chi connectivity index (χ0n) is 11.2. The van der Waals surface area contributed by atoms with E-state index in [9.17, 15) is 13.2 Å². The first-order chi connectivity index (χ1) is 9.83. The van der Waals surface area contributed by atoms with Crippen molar-refractivity contribution >= 4 is 27.4 Å². The Hall–Kier alpha value is -1.86. The SMILES string of the molecule is CCn1cc(CS(=O)(=O)c2ccc(Cl)c(C(=O)O)c2)cn1. The van der Waals surface area contributed by atoms with E-state index in [-0.39, 0.29) is 21.2 Å². The average molecular weight is 329 g/mol. The van der Waals surface area contributed by atoms with E-state index in [1.165, 1.54) is 18.3 Å². The maximum Gasteiger partial charge on any atom is 0.337 e. The molecule has 0 unspecified atom stereocenters. The summed E-state index contributed by atoms with van der Waals surface area (Å²) in [7, 11) is -3.66. The van der Waals surface area contributed by atoms with Gasteiger partial charge >= 0.3 is 5.97 Å². The van der Waals surface area contributed by atoms with Crippen LogP contribution in [0.2, 0.25) is 5.02 Å². The number of nitrogens with zero attached hydrogens (tertiary/aromatic N) is 2. The number of halogens is 1. The van der Waals surface area contributed by atoms with Gasteiger partial charge in [-0.25, -0.2) is 13.2 Å². The van der Waals surface area contributed by atoms with Gasteiger partial charge in [0, 0.05) is 18.3 Å².